The third kappa shape index (κ3) is 3.70. The zero-order valence-electron chi connectivity index (χ0n) is 19.5. The van der Waals surface area contributed by atoms with Crippen LogP contribution in [-0.4, -0.2) is 41.5 Å². The van der Waals surface area contributed by atoms with Crippen molar-refractivity contribution in [1.29, 1.82) is 0 Å². The fourth-order valence-corrected chi connectivity index (χ4v) is 4.79. The minimum atomic E-state index is -0.893. The van der Waals surface area contributed by atoms with Gasteiger partial charge in [0.1, 0.15) is 7.05 Å². The van der Waals surface area contributed by atoms with Crippen LogP contribution >= 0.6 is 0 Å². The van der Waals surface area contributed by atoms with E-state index in [0.717, 1.165) is 35.6 Å². The zero-order chi connectivity index (χ0) is 23.0. The molecule has 32 heavy (non-hydrogen) atoms. The number of carbonyl (C=O) groups is 1. The van der Waals surface area contributed by atoms with Gasteiger partial charge in [-0.1, -0.05) is 18.2 Å². The minimum absolute atomic E-state index is 0.276. The Kier molecular flexibility index (Phi) is 5.64. The lowest BCUT2D eigenvalue weighted by molar-refractivity contribution is -0.401. The van der Waals surface area contributed by atoms with Gasteiger partial charge in [-0.3, -0.25) is 0 Å². The Bertz CT molecular complexity index is 1260. The number of hydrogen-bond acceptors (Lipinski definition) is 2. The van der Waals surface area contributed by atoms with E-state index in [1.165, 1.54) is 16.5 Å². The second kappa shape index (κ2) is 8.27. The summed E-state index contributed by atoms with van der Waals surface area (Å²) < 4.78 is 2.16. The van der Waals surface area contributed by atoms with Crippen LogP contribution in [0, 0.1) is 0 Å². The number of anilines is 1. The van der Waals surface area contributed by atoms with Crippen LogP contribution < -0.4 is 4.90 Å². The summed E-state index contributed by atoms with van der Waals surface area (Å²) >= 11 is 0. The molecule has 0 bridgehead atoms. The highest BCUT2D eigenvalue weighted by Crippen LogP contribution is 2.40. The van der Waals surface area contributed by atoms with E-state index in [9.17, 15) is 9.90 Å². The number of allylic oxidation sites excluding steroid dienone is 1. The molecule has 0 fully saturated rings. The third-order valence-electron chi connectivity index (χ3n) is 6.69. The minimum Gasteiger partial charge on any atom is -0.478 e. The van der Waals surface area contributed by atoms with E-state index in [0.29, 0.717) is 5.56 Å². The van der Waals surface area contributed by atoms with Crippen molar-refractivity contribution >= 4 is 39.9 Å². The van der Waals surface area contributed by atoms with Crippen LogP contribution in [0.2, 0.25) is 0 Å². The van der Waals surface area contributed by atoms with Crippen LogP contribution in [0.3, 0.4) is 0 Å². The lowest BCUT2D eigenvalue weighted by Gasteiger charge is -2.21. The zero-order valence-corrected chi connectivity index (χ0v) is 19.5. The lowest BCUT2D eigenvalue weighted by atomic mass is 9.80. The summed E-state index contributed by atoms with van der Waals surface area (Å²) in [6.07, 6.45) is 4.31. The summed E-state index contributed by atoms with van der Waals surface area (Å²) in [5, 5.41) is 11.9. The van der Waals surface area contributed by atoms with Crippen molar-refractivity contribution in [3.63, 3.8) is 0 Å². The number of nitrogens with zero attached hydrogens (tertiary/aromatic N) is 2. The Morgan fingerprint density at radius 2 is 1.66 bits per heavy atom. The van der Waals surface area contributed by atoms with E-state index >= 15 is 0 Å². The highest BCUT2D eigenvalue weighted by atomic mass is 16.4. The molecule has 0 saturated heterocycles. The standard InChI is InChI=1S/C28H30N2O2/c1-6-30(7-2)23-13-11-20-16-19(8-10-21(20)17-23)9-15-26-28(3,4)24-18-22(27(31)32)12-14-25(24)29(26)5/h8-18H,6-7H2,1-5H3/p+1. The van der Waals surface area contributed by atoms with Crippen LogP contribution in [0.15, 0.2) is 60.7 Å². The highest BCUT2D eigenvalue weighted by molar-refractivity contribution is 6.06. The summed E-state index contributed by atoms with van der Waals surface area (Å²) in [7, 11) is 2.04. The predicted octanol–water partition coefficient (Wildman–Crippen LogP) is 6.10. The molecule has 164 valence electrons. The van der Waals surface area contributed by atoms with Crippen LogP contribution in [-0.2, 0) is 5.41 Å². The van der Waals surface area contributed by atoms with Gasteiger partial charge < -0.3 is 10.0 Å². The largest absolute Gasteiger partial charge is 0.478 e. The molecular weight excluding hydrogens is 396 g/mol. The summed E-state index contributed by atoms with van der Waals surface area (Å²) in [5.74, 6) is -0.893. The van der Waals surface area contributed by atoms with Gasteiger partial charge in [-0.25, -0.2) is 4.79 Å². The van der Waals surface area contributed by atoms with Gasteiger partial charge in [0.2, 0.25) is 5.69 Å². The number of fused-ring (bicyclic) bond motifs is 2. The molecule has 0 radical (unpaired) electrons. The van der Waals surface area contributed by atoms with Crippen molar-refractivity contribution in [2.45, 2.75) is 33.1 Å². The first kappa shape index (κ1) is 21.8. The van der Waals surface area contributed by atoms with Gasteiger partial charge in [0.25, 0.3) is 0 Å². The van der Waals surface area contributed by atoms with E-state index in [1.54, 1.807) is 12.1 Å². The van der Waals surface area contributed by atoms with Gasteiger partial charge in [-0.05, 0) is 80.4 Å². The maximum Gasteiger partial charge on any atom is 0.335 e. The SMILES string of the molecule is CCN(CC)c1ccc2cc(/C=C/C3=[N+](C)c4ccc(C(=O)O)cc4C3(C)C)ccc2c1. The average molecular weight is 428 g/mol. The van der Waals surface area contributed by atoms with Crippen molar-refractivity contribution < 1.29 is 14.5 Å². The first-order valence-corrected chi connectivity index (χ1v) is 11.2. The van der Waals surface area contributed by atoms with Crippen LogP contribution in [0.4, 0.5) is 11.4 Å². The molecule has 0 spiro atoms. The smallest absolute Gasteiger partial charge is 0.335 e. The van der Waals surface area contributed by atoms with Crippen LogP contribution in [0.25, 0.3) is 16.8 Å². The van der Waals surface area contributed by atoms with Gasteiger partial charge in [0.05, 0.1) is 11.0 Å². The topological polar surface area (TPSA) is 43.5 Å². The van der Waals surface area contributed by atoms with Gasteiger partial charge in [-0.15, -0.1) is 0 Å². The Morgan fingerprint density at radius 3 is 2.34 bits per heavy atom. The fourth-order valence-electron chi connectivity index (χ4n) is 4.79. The second-order valence-electron chi connectivity index (χ2n) is 8.90. The molecule has 1 N–H and O–H groups in total. The van der Waals surface area contributed by atoms with E-state index in [4.69, 9.17) is 0 Å². The molecule has 0 unspecified atom stereocenters. The molecule has 1 heterocycles. The number of carboxylic acids is 1. The molecule has 4 nitrogen and oxygen atoms in total. The quantitative estimate of drug-likeness (QED) is 0.483. The van der Waals surface area contributed by atoms with E-state index in [1.807, 2.05) is 13.1 Å². The molecule has 0 atom stereocenters. The molecule has 4 heteroatoms. The van der Waals surface area contributed by atoms with Crippen molar-refractivity contribution in [2.24, 2.45) is 0 Å². The van der Waals surface area contributed by atoms with E-state index in [-0.39, 0.29) is 5.41 Å². The third-order valence-corrected chi connectivity index (χ3v) is 6.69. The molecule has 4 rings (SSSR count). The molecule has 0 aromatic heterocycles. The molecule has 0 aliphatic carbocycles. The predicted molar refractivity (Wildman–Crippen MR) is 134 cm³/mol. The van der Waals surface area contributed by atoms with Crippen molar-refractivity contribution in [1.82, 2.24) is 0 Å². The van der Waals surface area contributed by atoms with Crippen molar-refractivity contribution in [2.75, 3.05) is 25.0 Å². The highest BCUT2D eigenvalue weighted by Gasteiger charge is 2.43. The summed E-state index contributed by atoms with van der Waals surface area (Å²) in [4.78, 5) is 13.8. The molecular formula is C28H31N2O2+. The first-order valence-electron chi connectivity index (χ1n) is 11.2. The van der Waals surface area contributed by atoms with Gasteiger partial charge >= 0.3 is 5.97 Å². The van der Waals surface area contributed by atoms with Crippen molar-refractivity contribution in [3.05, 3.63) is 77.4 Å². The number of carboxylic acid groups (broad SMARTS) is 1. The summed E-state index contributed by atoms with van der Waals surface area (Å²) in [6, 6.07) is 18.6. The molecule has 1 aliphatic heterocycles. The number of aromatic carboxylic acids is 1. The monoisotopic (exact) mass is 427 g/mol. The van der Waals surface area contributed by atoms with Crippen molar-refractivity contribution in [3.8, 4) is 0 Å². The maximum atomic E-state index is 11.4. The lowest BCUT2D eigenvalue weighted by Crippen LogP contribution is -2.26. The molecule has 0 saturated carbocycles. The Morgan fingerprint density at radius 1 is 0.969 bits per heavy atom. The maximum absolute atomic E-state index is 11.4. The van der Waals surface area contributed by atoms with Gasteiger partial charge in [0.15, 0.2) is 5.71 Å². The Labute approximate surface area is 190 Å². The molecule has 3 aromatic rings. The summed E-state index contributed by atoms with van der Waals surface area (Å²) in [5.41, 5.74) is 5.70. The number of rotatable bonds is 6. The van der Waals surface area contributed by atoms with Crippen LogP contribution in [0.5, 0.6) is 0 Å². The van der Waals surface area contributed by atoms with E-state index < -0.39 is 5.97 Å². The Hall–Kier alpha value is -3.40. The molecule has 3 aromatic carbocycles. The van der Waals surface area contributed by atoms with Crippen LogP contribution in [0.1, 0.15) is 49.2 Å². The summed E-state index contributed by atoms with van der Waals surface area (Å²) in [6.45, 7) is 10.7. The van der Waals surface area contributed by atoms with Gasteiger partial charge in [-0.2, -0.15) is 4.58 Å². The normalized spacial score (nSPS) is 14.9. The first-order chi connectivity index (χ1) is 15.3. The number of benzene rings is 3. The Balaban J connectivity index is 1.65. The van der Waals surface area contributed by atoms with E-state index in [2.05, 4.69) is 85.7 Å². The molecule has 1 aliphatic rings. The fraction of sp³-hybridized carbons (Fsp3) is 0.286. The molecule has 0 amide bonds. The average Bonchev–Trinajstić information content (AvgIpc) is 2.97. The number of hydrogen-bond donors (Lipinski definition) is 1. The van der Waals surface area contributed by atoms with Gasteiger partial charge in [0, 0.05) is 36.5 Å². The second-order valence-corrected chi connectivity index (χ2v) is 8.90.